The van der Waals surface area contributed by atoms with Crippen LogP contribution in [0.3, 0.4) is 0 Å². The molecule has 0 heterocycles. The van der Waals surface area contributed by atoms with Crippen molar-refractivity contribution in [2.45, 2.75) is 38.1 Å². The van der Waals surface area contributed by atoms with E-state index in [2.05, 4.69) is 18.3 Å². The molecule has 2 heteroatoms. The van der Waals surface area contributed by atoms with Crippen LogP contribution in [0.1, 0.15) is 32.6 Å². The van der Waals surface area contributed by atoms with Crippen molar-refractivity contribution >= 4 is 5.69 Å². The van der Waals surface area contributed by atoms with Gasteiger partial charge in [-0.3, -0.25) is 0 Å². The van der Waals surface area contributed by atoms with Gasteiger partial charge in [-0.15, -0.1) is 0 Å². The molecule has 1 fully saturated rings. The molecule has 84 valence electrons. The van der Waals surface area contributed by atoms with Gasteiger partial charge in [-0.1, -0.05) is 38.0 Å². The predicted octanol–water partition coefficient (Wildman–Crippen LogP) is 3.57. The fraction of sp³-hybridized carbons (Fsp3) is 0.500. The Bertz CT molecular complexity index is 379. The number of nitrogens with one attached hydrogen (secondary N) is 1. The van der Waals surface area contributed by atoms with E-state index in [1.165, 1.54) is 6.42 Å². The van der Waals surface area contributed by atoms with E-state index < -0.39 is 0 Å². The molecular formula is C14H18N2. The molecule has 1 aromatic rings. The Morgan fingerprint density at radius 3 is 2.69 bits per heavy atom. The molecule has 1 N–H and O–H groups in total. The molecule has 0 bridgehead atoms. The van der Waals surface area contributed by atoms with Crippen LogP contribution >= 0.6 is 0 Å². The second-order valence-corrected chi connectivity index (χ2v) is 4.72. The second kappa shape index (κ2) is 4.57. The van der Waals surface area contributed by atoms with Crippen LogP contribution in [0.25, 0.3) is 0 Å². The first-order chi connectivity index (χ1) is 7.77. The molecule has 1 aromatic carbocycles. The van der Waals surface area contributed by atoms with Gasteiger partial charge in [0.1, 0.15) is 5.54 Å². The molecule has 1 saturated carbocycles. The minimum absolute atomic E-state index is 0.362. The molecule has 0 saturated heterocycles. The topological polar surface area (TPSA) is 35.8 Å². The average molecular weight is 214 g/mol. The molecule has 0 radical (unpaired) electrons. The van der Waals surface area contributed by atoms with Crippen molar-refractivity contribution in [2.24, 2.45) is 5.92 Å². The van der Waals surface area contributed by atoms with Gasteiger partial charge in [0, 0.05) is 5.69 Å². The summed E-state index contributed by atoms with van der Waals surface area (Å²) in [5.41, 5.74) is 0.692. The highest BCUT2D eigenvalue weighted by Crippen LogP contribution is 2.35. The van der Waals surface area contributed by atoms with Crippen LogP contribution < -0.4 is 5.32 Å². The third-order valence-electron chi connectivity index (χ3n) is 3.64. The quantitative estimate of drug-likeness (QED) is 0.817. The molecule has 1 aliphatic carbocycles. The number of rotatable bonds is 2. The summed E-state index contributed by atoms with van der Waals surface area (Å²) < 4.78 is 0. The van der Waals surface area contributed by atoms with Gasteiger partial charge in [0.15, 0.2) is 0 Å². The summed E-state index contributed by atoms with van der Waals surface area (Å²) >= 11 is 0. The van der Waals surface area contributed by atoms with Crippen molar-refractivity contribution in [3.63, 3.8) is 0 Å². The number of anilines is 1. The highest BCUT2D eigenvalue weighted by Gasteiger charge is 2.38. The molecule has 16 heavy (non-hydrogen) atoms. The Balaban J connectivity index is 2.19. The number of para-hydroxylation sites is 1. The van der Waals surface area contributed by atoms with E-state index in [9.17, 15) is 5.26 Å². The van der Waals surface area contributed by atoms with Crippen LogP contribution in [-0.2, 0) is 0 Å². The summed E-state index contributed by atoms with van der Waals surface area (Å²) in [6.45, 7) is 2.18. The lowest BCUT2D eigenvalue weighted by Crippen LogP contribution is -2.45. The van der Waals surface area contributed by atoms with Crippen LogP contribution in [0, 0.1) is 17.2 Å². The van der Waals surface area contributed by atoms with Gasteiger partial charge in [0.05, 0.1) is 6.07 Å². The Labute approximate surface area is 97.3 Å². The Morgan fingerprint density at radius 2 is 2.06 bits per heavy atom. The SMILES string of the molecule is C[C@H]1CCCC[C@@]1(C#N)Nc1ccccc1. The molecule has 0 aromatic heterocycles. The van der Waals surface area contributed by atoms with Crippen LogP contribution in [0.2, 0.25) is 0 Å². The van der Waals surface area contributed by atoms with Gasteiger partial charge < -0.3 is 5.32 Å². The molecule has 1 aliphatic rings. The number of benzene rings is 1. The first-order valence-corrected chi connectivity index (χ1v) is 6.01. The zero-order valence-electron chi connectivity index (χ0n) is 9.74. The number of nitrogens with zero attached hydrogens (tertiary/aromatic N) is 1. The fourth-order valence-corrected chi connectivity index (χ4v) is 2.51. The van der Waals surface area contributed by atoms with Crippen molar-refractivity contribution in [3.8, 4) is 6.07 Å². The van der Waals surface area contributed by atoms with E-state index in [0.717, 1.165) is 24.9 Å². The summed E-state index contributed by atoms with van der Waals surface area (Å²) in [5, 5.41) is 12.9. The van der Waals surface area contributed by atoms with Crippen LogP contribution in [0.15, 0.2) is 30.3 Å². The second-order valence-electron chi connectivity index (χ2n) is 4.72. The molecule has 2 rings (SSSR count). The number of nitriles is 1. The molecule has 0 spiro atoms. The van der Waals surface area contributed by atoms with Crippen LogP contribution in [0.4, 0.5) is 5.69 Å². The highest BCUT2D eigenvalue weighted by molar-refractivity contribution is 5.48. The maximum Gasteiger partial charge on any atom is 0.127 e. The molecule has 0 aliphatic heterocycles. The maximum atomic E-state index is 9.46. The van der Waals surface area contributed by atoms with E-state index in [1.807, 2.05) is 30.3 Å². The lowest BCUT2D eigenvalue weighted by Gasteiger charge is -2.38. The zero-order valence-corrected chi connectivity index (χ0v) is 9.74. The van der Waals surface area contributed by atoms with E-state index >= 15 is 0 Å². The highest BCUT2D eigenvalue weighted by atomic mass is 15.0. The Morgan fingerprint density at radius 1 is 1.31 bits per heavy atom. The van der Waals surface area contributed by atoms with E-state index in [4.69, 9.17) is 0 Å². The first kappa shape index (κ1) is 11.0. The van der Waals surface area contributed by atoms with Crippen LogP contribution in [-0.4, -0.2) is 5.54 Å². The third-order valence-corrected chi connectivity index (χ3v) is 3.64. The Hall–Kier alpha value is -1.49. The summed E-state index contributed by atoms with van der Waals surface area (Å²) in [5.74, 6) is 0.423. The molecule has 0 unspecified atom stereocenters. The van der Waals surface area contributed by atoms with Crippen molar-refractivity contribution < 1.29 is 0 Å². The maximum absolute atomic E-state index is 9.46. The smallest absolute Gasteiger partial charge is 0.127 e. The number of hydrogen-bond acceptors (Lipinski definition) is 2. The molecule has 2 atom stereocenters. The fourth-order valence-electron chi connectivity index (χ4n) is 2.51. The lowest BCUT2D eigenvalue weighted by molar-refractivity contribution is 0.286. The van der Waals surface area contributed by atoms with Gasteiger partial charge in [-0.05, 0) is 30.9 Å². The molecule has 2 nitrogen and oxygen atoms in total. The third kappa shape index (κ3) is 2.04. The first-order valence-electron chi connectivity index (χ1n) is 6.01. The van der Waals surface area contributed by atoms with E-state index in [-0.39, 0.29) is 5.54 Å². The monoisotopic (exact) mass is 214 g/mol. The van der Waals surface area contributed by atoms with Crippen LogP contribution in [0.5, 0.6) is 0 Å². The van der Waals surface area contributed by atoms with E-state index in [0.29, 0.717) is 5.92 Å². The molecular weight excluding hydrogens is 196 g/mol. The van der Waals surface area contributed by atoms with Gasteiger partial charge in [0.2, 0.25) is 0 Å². The standard InChI is InChI=1S/C14H18N2/c1-12-7-5-6-10-14(12,11-15)16-13-8-3-2-4-9-13/h2-4,8-9,12,16H,5-7,10H2,1H3/t12-,14-/m0/s1. The van der Waals surface area contributed by atoms with Gasteiger partial charge in [0.25, 0.3) is 0 Å². The van der Waals surface area contributed by atoms with Crippen molar-refractivity contribution in [3.05, 3.63) is 30.3 Å². The summed E-state index contributed by atoms with van der Waals surface area (Å²) in [7, 11) is 0. The van der Waals surface area contributed by atoms with Gasteiger partial charge >= 0.3 is 0 Å². The normalized spacial score (nSPS) is 29.4. The summed E-state index contributed by atoms with van der Waals surface area (Å²) in [6, 6.07) is 12.6. The number of hydrogen-bond donors (Lipinski definition) is 1. The Kier molecular flexibility index (Phi) is 3.14. The summed E-state index contributed by atoms with van der Waals surface area (Å²) in [4.78, 5) is 0. The zero-order chi connectivity index (χ0) is 11.4. The largest absolute Gasteiger partial charge is 0.367 e. The minimum Gasteiger partial charge on any atom is -0.367 e. The lowest BCUT2D eigenvalue weighted by atomic mass is 9.74. The van der Waals surface area contributed by atoms with Crippen molar-refractivity contribution in [2.75, 3.05) is 5.32 Å². The van der Waals surface area contributed by atoms with Gasteiger partial charge in [-0.2, -0.15) is 5.26 Å². The van der Waals surface area contributed by atoms with Crippen molar-refractivity contribution in [1.29, 1.82) is 5.26 Å². The minimum atomic E-state index is -0.362. The van der Waals surface area contributed by atoms with Crippen molar-refractivity contribution in [1.82, 2.24) is 0 Å². The molecule has 0 amide bonds. The average Bonchev–Trinajstić information content (AvgIpc) is 2.34. The van der Waals surface area contributed by atoms with Gasteiger partial charge in [-0.25, -0.2) is 0 Å². The van der Waals surface area contributed by atoms with E-state index in [1.54, 1.807) is 0 Å². The predicted molar refractivity (Wildman–Crippen MR) is 66.0 cm³/mol. The summed E-state index contributed by atoms with van der Waals surface area (Å²) in [6.07, 6.45) is 4.51.